The maximum absolute atomic E-state index is 5.31. The zero-order valence-corrected chi connectivity index (χ0v) is 13.1. The van der Waals surface area contributed by atoms with Crippen LogP contribution < -0.4 is 5.32 Å². The second kappa shape index (κ2) is 7.87. The predicted octanol–water partition coefficient (Wildman–Crippen LogP) is 3.34. The molecule has 0 saturated heterocycles. The van der Waals surface area contributed by atoms with E-state index < -0.39 is 0 Å². The molecule has 0 radical (unpaired) electrons. The second-order valence-corrected chi connectivity index (χ2v) is 6.17. The van der Waals surface area contributed by atoms with Gasteiger partial charge in [-0.25, -0.2) is 4.98 Å². The van der Waals surface area contributed by atoms with Crippen molar-refractivity contribution in [3.8, 4) is 0 Å². The molecule has 0 amide bonds. The van der Waals surface area contributed by atoms with Crippen LogP contribution in [-0.4, -0.2) is 24.7 Å². The Kier molecular flexibility index (Phi) is 6.82. The number of ether oxygens (including phenoxy) is 1. The molecule has 1 atom stereocenters. The van der Waals surface area contributed by atoms with Crippen molar-refractivity contribution in [1.29, 1.82) is 0 Å². The number of hydrogen-bond donors (Lipinski definition) is 1. The summed E-state index contributed by atoms with van der Waals surface area (Å²) in [7, 11) is 1.76. The molecule has 0 aliphatic carbocycles. The SMILES string of the molecule is CCCNCc1sc(CC(C)OC)nc1C(C)C. The average Bonchev–Trinajstić information content (AvgIpc) is 2.72. The van der Waals surface area contributed by atoms with Gasteiger partial charge in [0.15, 0.2) is 0 Å². The maximum atomic E-state index is 5.31. The molecular weight excluding hydrogens is 244 g/mol. The van der Waals surface area contributed by atoms with Crippen LogP contribution in [-0.2, 0) is 17.7 Å². The fourth-order valence-electron chi connectivity index (χ4n) is 1.79. The Morgan fingerprint density at radius 3 is 2.61 bits per heavy atom. The highest BCUT2D eigenvalue weighted by Crippen LogP contribution is 2.26. The van der Waals surface area contributed by atoms with E-state index in [9.17, 15) is 0 Å². The van der Waals surface area contributed by atoms with E-state index in [0.29, 0.717) is 5.92 Å². The zero-order chi connectivity index (χ0) is 13.5. The van der Waals surface area contributed by atoms with Crippen LogP contribution >= 0.6 is 11.3 Å². The minimum absolute atomic E-state index is 0.243. The molecule has 1 rings (SSSR count). The van der Waals surface area contributed by atoms with Gasteiger partial charge >= 0.3 is 0 Å². The highest BCUT2D eigenvalue weighted by molar-refractivity contribution is 7.11. The van der Waals surface area contributed by atoms with Crippen LogP contribution in [0.3, 0.4) is 0 Å². The lowest BCUT2D eigenvalue weighted by atomic mass is 10.1. The standard InChI is InChI=1S/C14H26N2OS/c1-6-7-15-9-12-14(10(2)3)16-13(18-12)8-11(4)17-5/h10-11,15H,6-9H2,1-5H3. The van der Waals surface area contributed by atoms with Crippen LogP contribution in [0.4, 0.5) is 0 Å². The smallest absolute Gasteiger partial charge is 0.0957 e. The largest absolute Gasteiger partial charge is 0.381 e. The van der Waals surface area contributed by atoms with Gasteiger partial charge in [0.2, 0.25) is 0 Å². The molecule has 1 unspecified atom stereocenters. The molecule has 1 N–H and O–H groups in total. The van der Waals surface area contributed by atoms with Crippen LogP contribution in [0.5, 0.6) is 0 Å². The first-order valence-electron chi connectivity index (χ1n) is 6.80. The first-order chi connectivity index (χ1) is 8.58. The summed E-state index contributed by atoms with van der Waals surface area (Å²) in [5.41, 5.74) is 1.25. The molecule has 0 aliphatic heterocycles. The lowest BCUT2D eigenvalue weighted by Gasteiger charge is -2.06. The minimum Gasteiger partial charge on any atom is -0.381 e. The summed E-state index contributed by atoms with van der Waals surface area (Å²) < 4.78 is 5.31. The van der Waals surface area contributed by atoms with Crippen molar-refractivity contribution < 1.29 is 4.74 Å². The fraction of sp³-hybridized carbons (Fsp3) is 0.786. The van der Waals surface area contributed by atoms with E-state index in [1.165, 1.54) is 22.0 Å². The Balaban J connectivity index is 2.73. The number of thiazole rings is 1. The van der Waals surface area contributed by atoms with E-state index in [0.717, 1.165) is 19.5 Å². The molecule has 1 heterocycles. The van der Waals surface area contributed by atoms with Gasteiger partial charge in [0.25, 0.3) is 0 Å². The normalized spacial score (nSPS) is 13.2. The van der Waals surface area contributed by atoms with E-state index in [4.69, 9.17) is 9.72 Å². The molecule has 0 bridgehead atoms. The van der Waals surface area contributed by atoms with Crippen molar-refractivity contribution in [1.82, 2.24) is 10.3 Å². The predicted molar refractivity (Wildman–Crippen MR) is 78.4 cm³/mol. The summed E-state index contributed by atoms with van der Waals surface area (Å²) in [6, 6.07) is 0. The average molecular weight is 270 g/mol. The number of methoxy groups -OCH3 is 1. The van der Waals surface area contributed by atoms with Gasteiger partial charge in [0.1, 0.15) is 0 Å². The molecule has 1 aromatic rings. The number of rotatable bonds is 8. The van der Waals surface area contributed by atoms with Crippen LogP contribution in [0.15, 0.2) is 0 Å². The number of aromatic nitrogens is 1. The highest BCUT2D eigenvalue weighted by Gasteiger charge is 2.15. The second-order valence-electron chi connectivity index (χ2n) is 5.00. The Labute approximate surface area is 115 Å². The van der Waals surface area contributed by atoms with Crippen molar-refractivity contribution in [2.24, 2.45) is 0 Å². The van der Waals surface area contributed by atoms with Crippen LogP contribution in [0.2, 0.25) is 0 Å². The van der Waals surface area contributed by atoms with Crippen LogP contribution in [0.25, 0.3) is 0 Å². The van der Waals surface area contributed by atoms with E-state index in [-0.39, 0.29) is 6.10 Å². The number of hydrogen-bond acceptors (Lipinski definition) is 4. The van der Waals surface area contributed by atoms with Gasteiger partial charge in [0, 0.05) is 25.0 Å². The van der Waals surface area contributed by atoms with Gasteiger partial charge in [-0.2, -0.15) is 0 Å². The van der Waals surface area contributed by atoms with Crippen molar-refractivity contribution >= 4 is 11.3 Å². The molecule has 18 heavy (non-hydrogen) atoms. The molecule has 0 aliphatic rings. The first kappa shape index (κ1) is 15.6. The number of nitrogens with zero attached hydrogens (tertiary/aromatic N) is 1. The summed E-state index contributed by atoms with van der Waals surface area (Å²) in [4.78, 5) is 6.16. The van der Waals surface area contributed by atoms with Gasteiger partial charge in [-0.15, -0.1) is 11.3 Å². The van der Waals surface area contributed by atoms with Crippen LogP contribution in [0.1, 0.15) is 55.6 Å². The van der Waals surface area contributed by atoms with Gasteiger partial charge < -0.3 is 10.1 Å². The molecule has 0 aromatic carbocycles. The first-order valence-corrected chi connectivity index (χ1v) is 7.62. The minimum atomic E-state index is 0.243. The third-order valence-corrected chi connectivity index (χ3v) is 3.99. The maximum Gasteiger partial charge on any atom is 0.0957 e. The van der Waals surface area contributed by atoms with Crippen molar-refractivity contribution in [2.45, 2.75) is 59.1 Å². The zero-order valence-electron chi connectivity index (χ0n) is 12.2. The molecule has 3 nitrogen and oxygen atoms in total. The van der Waals surface area contributed by atoms with E-state index in [1.54, 1.807) is 7.11 Å². The summed E-state index contributed by atoms with van der Waals surface area (Å²) in [6.07, 6.45) is 2.32. The Bertz CT molecular complexity index is 350. The molecular formula is C14H26N2OS. The molecule has 0 saturated carbocycles. The molecule has 104 valence electrons. The Morgan fingerprint density at radius 2 is 2.06 bits per heavy atom. The van der Waals surface area contributed by atoms with Gasteiger partial charge in [-0.05, 0) is 25.8 Å². The van der Waals surface area contributed by atoms with Crippen molar-refractivity contribution in [2.75, 3.05) is 13.7 Å². The summed E-state index contributed by atoms with van der Waals surface area (Å²) in [5, 5.41) is 4.66. The van der Waals surface area contributed by atoms with E-state index >= 15 is 0 Å². The monoisotopic (exact) mass is 270 g/mol. The third-order valence-electron chi connectivity index (χ3n) is 2.90. The number of nitrogens with one attached hydrogen (secondary N) is 1. The summed E-state index contributed by atoms with van der Waals surface area (Å²) >= 11 is 1.83. The van der Waals surface area contributed by atoms with Crippen molar-refractivity contribution in [3.05, 3.63) is 15.6 Å². The quantitative estimate of drug-likeness (QED) is 0.736. The van der Waals surface area contributed by atoms with E-state index in [1.807, 2.05) is 11.3 Å². The lowest BCUT2D eigenvalue weighted by molar-refractivity contribution is 0.118. The molecule has 4 heteroatoms. The summed E-state index contributed by atoms with van der Waals surface area (Å²) in [5.74, 6) is 0.492. The van der Waals surface area contributed by atoms with E-state index in [2.05, 4.69) is 33.0 Å². The molecule has 0 spiro atoms. The topological polar surface area (TPSA) is 34.1 Å². The Hall–Kier alpha value is -0.450. The van der Waals surface area contributed by atoms with Crippen LogP contribution in [0, 0.1) is 0 Å². The Morgan fingerprint density at radius 1 is 1.33 bits per heavy atom. The van der Waals surface area contributed by atoms with Gasteiger partial charge in [-0.3, -0.25) is 0 Å². The summed E-state index contributed by atoms with van der Waals surface area (Å²) in [6.45, 7) is 10.7. The lowest BCUT2D eigenvalue weighted by Crippen LogP contribution is -2.14. The molecule has 1 aromatic heterocycles. The van der Waals surface area contributed by atoms with Gasteiger partial charge in [-0.1, -0.05) is 20.8 Å². The van der Waals surface area contributed by atoms with Gasteiger partial charge in [0.05, 0.1) is 16.8 Å². The third kappa shape index (κ3) is 4.67. The fourth-order valence-corrected chi connectivity index (χ4v) is 3.09. The highest BCUT2D eigenvalue weighted by atomic mass is 32.1. The van der Waals surface area contributed by atoms with Crippen molar-refractivity contribution in [3.63, 3.8) is 0 Å². The molecule has 0 fully saturated rings.